The fraction of sp³-hybridized carbons (Fsp3) is 0.200. The van der Waals surface area contributed by atoms with Crippen LogP contribution in [-0.4, -0.2) is 39.5 Å². The first kappa shape index (κ1) is 24.5. The first-order valence-electron chi connectivity index (χ1n) is 12.7. The third kappa shape index (κ3) is 4.79. The number of rotatable bonds is 6. The predicted molar refractivity (Wildman–Crippen MR) is 146 cm³/mol. The Morgan fingerprint density at radius 1 is 1.05 bits per heavy atom. The third-order valence-electron chi connectivity index (χ3n) is 7.06. The topological polar surface area (TPSA) is 109 Å². The maximum atomic E-state index is 13.5. The molecule has 1 aliphatic rings. The number of para-hydroxylation sites is 1. The summed E-state index contributed by atoms with van der Waals surface area (Å²) in [5, 5.41) is 13.7. The Morgan fingerprint density at radius 3 is 2.62 bits per heavy atom. The summed E-state index contributed by atoms with van der Waals surface area (Å²) >= 11 is 0. The van der Waals surface area contributed by atoms with E-state index < -0.39 is 12.0 Å². The lowest BCUT2D eigenvalue weighted by Gasteiger charge is -2.22. The number of carbonyl (C=O) groups excluding carboxylic acids is 1. The maximum Gasteiger partial charge on any atom is 0.326 e. The number of carboxylic acid groups (broad SMARTS) is 1. The summed E-state index contributed by atoms with van der Waals surface area (Å²) in [5.74, 6) is -0.766. The number of hydrogen-bond acceptors (Lipinski definition) is 6. The van der Waals surface area contributed by atoms with Crippen LogP contribution < -0.4 is 10.2 Å². The van der Waals surface area contributed by atoms with Gasteiger partial charge in [0.25, 0.3) is 0 Å². The fourth-order valence-corrected chi connectivity index (χ4v) is 5.31. The van der Waals surface area contributed by atoms with Crippen LogP contribution in [0.25, 0.3) is 33.2 Å². The molecule has 0 bridgehead atoms. The molecule has 196 valence electrons. The lowest BCUT2D eigenvalue weighted by atomic mass is 10.0. The normalized spacial score (nSPS) is 17.1. The van der Waals surface area contributed by atoms with Crippen molar-refractivity contribution in [2.75, 3.05) is 16.8 Å². The van der Waals surface area contributed by atoms with Gasteiger partial charge in [-0.1, -0.05) is 36.4 Å². The number of furan rings is 1. The molecule has 3 heterocycles. The molecule has 5 aromatic rings. The number of carbonyl (C=O) groups is 2. The minimum Gasteiger partial charge on any atom is -0.480 e. The second kappa shape index (κ2) is 9.83. The number of aromatic nitrogens is 2. The van der Waals surface area contributed by atoms with Crippen molar-refractivity contribution in [3.05, 3.63) is 84.4 Å². The summed E-state index contributed by atoms with van der Waals surface area (Å²) in [6.07, 6.45) is 0.450. The van der Waals surface area contributed by atoms with Gasteiger partial charge in [-0.05, 0) is 66.8 Å². The number of benzene rings is 3. The molecule has 2 aromatic heterocycles. The summed E-state index contributed by atoms with van der Waals surface area (Å²) in [7, 11) is 0. The summed E-state index contributed by atoms with van der Waals surface area (Å²) in [4.78, 5) is 36.0. The third-order valence-corrected chi connectivity index (χ3v) is 7.06. The van der Waals surface area contributed by atoms with Crippen LogP contribution in [-0.2, 0) is 9.59 Å². The molecule has 0 spiro atoms. The summed E-state index contributed by atoms with van der Waals surface area (Å²) in [6, 6.07) is 20.1. The summed E-state index contributed by atoms with van der Waals surface area (Å²) in [5.41, 5.74) is 3.92. The lowest BCUT2D eigenvalue weighted by Crippen LogP contribution is -2.36. The molecule has 1 amide bonds. The van der Waals surface area contributed by atoms with Crippen molar-refractivity contribution in [2.24, 2.45) is 5.92 Å². The molecular weight excluding hydrogens is 499 g/mol. The number of carboxylic acids is 1. The second-order valence-corrected chi connectivity index (χ2v) is 9.82. The monoisotopic (exact) mass is 524 g/mol. The highest BCUT2D eigenvalue weighted by atomic mass is 19.1. The van der Waals surface area contributed by atoms with Crippen molar-refractivity contribution in [1.29, 1.82) is 0 Å². The molecule has 3 aromatic carbocycles. The van der Waals surface area contributed by atoms with Gasteiger partial charge >= 0.3 is 5.97 Å². The van der Waals surface area contributed by atoms with E-state index in [0.717, 1.165) is 16.5 Å². The minimum absolute atomic E-state index is 0.152. The number of aryl methyl sites for hydroxylation is 1. The molecule has 2 atom stereocenters. The second-order valence-electron chi connectivity index (χ2n) is 9.82. The smallest absolute Gasteiger partial charge is 0.326 e. The van der Waals surface area contributed by atoms with Crippen molar-refractivity contribution in [3.63, 3.8) is 0 Å². The van der Waals surface area contributed by atoms with Gasteiger partial charge in [0.1, 0.15) is 28.8 Å². The van der Waals surface area contributed by atoms with Gasteiger partial charge in [0.2, 0.25) is 5.91 Å². The molecule has 1 aliphatic heterocycles. The fourth-order valence-electron chi connectivity index (χ4n) is 5.31. The molecule has 1 saturated heterocycles. The number of fused-ring (bicyclic) bond motifs is 3. The van der Waals surface area contributed by atoms with E-state index in [1.165, 1.54) is 12.1 Å². The zero-order valence-electron chi connectivity index (χ0n) is 21.1. The molecule has 0 radical (unpaired) electrons. The van der Waals surface area contributed by atoms with E-state index in [4.69, 9.17) is 4.42 Å². The maximum absolute atomic E-state index is 13.5. The van der Waals surface area contributed by atoms with Gasteiger partial charge < -0.3 is 19.7 Å². The number of anilines is 2. The molecule has 0 unspecified atom stereocenters. The van der Waals surface area contributed by atoms with Gasteiger partial charge in [-0.15, -0.1) is 0 Å². The van der Waals surface area contributed by atoms with E-state index in [2.05, 4.69) is 15.3 Å². The molecule has 0 aliphatic carbocycles. The van der Waals surface area contributed by atoms with Crippen LogP contribution in [0.4, 0.5) is 15.9 Å². The first-order valence-corrected chi connectivity index (χ1v) is 12.7. The Hall–Kier alpha value is -4.79. The standard InChI is InChI=1S/C30H25FN4O4/c1-17-32-27-23-7-2-3-8-25(23)39-28(27)29(33-17)35-16-18(13-24(35)30(37)38)14-26(36)34-22-11-9-19(10-12-22)20-5-4-6-21(31)15-20/h2-12,15,18,24H,13-14,16H2,1H3,(H,34,36)(H,37,38)/t18-,24+/m1/s1. The molecule has 39 heavy (non-hydrogen) atoms. The van der Waals surface area contributed by atoms with Crippen molar-refractivity contribution in [3.8, 4) is 11.1 Å². The molecule has 9 heteroatoms. The SMILES string of the molecule is Cc1nc(N2C[C@@H](CC(=O)Nc3ccc(-c4cccc(F)c4)cc3)C[C@H]2C(=O)O)c2oc3ccccc3c2n1. The molecular formula is C30H25FN4O4. The minimum atomic E-state index is -0.980. The molecule has 2 N–H and O–H groups in total. The molecule has 6 rings (SSSR count). The van der Waals surface area contributed by atoms with Crippen molar-refractivity contribution in [1.82, 2.24) is 9.97 Å². The Labute approximate surface area is 223 Å². The molecule has 1 fully saturated rings. The average Bonchev–Trinajstić information content (AvgIpc) is 3.50. The molecule has 0 saturated carbocycles. The van der Waals surface area contributed by atoms with E-state index >= 15 is 0 Å². The van der Waals surface area contributed by atoms with E-state index in [1.807, 2.05) is 42.5 Å². The highest BCUT2D eigenvalue weighted by Gasteiger charge is 2.40. The van der Waals surface area contributed by atoms with Crippen molar-refractivity contribution in [2.45, 2.75) is 25.8 Å². The van der Waals surface area contributed by atoms with Crippen LogP contribution in [0.5, 0.6) is 0 Å². The first-order chi connectivity index (χ1) is 18.9. The number of aliphatic carboxylic acids is 1. The van der Waals surface area contributed by atoms with Gasteiger partial charge in [-0.25, -0.2) is 19.2 Å². The van der Waals surface area contributed by atoms with E-state index in [0.29, 0.717) is 47.0 Å². The number of nitrogens with one attached hydrogen (secondary N) is 1. The van der Waals surface area contributed by atoms with E-state index in [-0.39, 0.29) is 24.1 Å². The van der Waals surface area contributed by atoms with E-state index in [9.17, 15) is 19.1 Å². The van der Waals surface area contributed by atoms with Crippen LogP contribution >= 0.6 is 0 Å². The Morgan fingerprint density at radius 2 is 1.85 bits per heavy atom. The number of nitrogens with zero attached hydrogens (tertiary/aromatic N) is 3. The van der Waals surface area contributed by atoms with E-state index in [1.54, 1.807) is 30.0 Å². The van der Waals surface area contributed by atoms with Crippen LogP contribution in [0.3, 0.4) is 0 Å². The summed E-state index contributed by atoms with van der Waals surface area (Å²) < 4.78 is 19.6. The largest absolute Gasteiger partial charge is 0.480 e. The number of hydrogen-bond donors (Lipinski definition) is 2. The number of amides is 1. The zero-order valence-corrected chi connectivity index (χ0v) is 21.1. The average molecular weight is 525 g/mol. The molecule has 8 nitrogen and oxygen atoms in total. The van der Waals surface area contributed by atoms with Crippen LogP contribution in [0.2, 0.25) is 0 Å². The zero-order chi connectivity index (χ0) is 27.1. The number of halogens is 1. The van der Waals surface area contributed by atoms with Crippen LogP contribution in [0.1, 0.15) is 18.7 Å². The Bertz CT molecular complexity index is 1720. The highest BCUT2D eigenvalue weighted by molar-refractivity contribution is 6.06. The highest BCUT2D eigenvalue weighted by Crippen LogP contribution is 2.37. The summed E-state index contributed by atoms with van der Waals surface area (Å²) in [6.45, 7) is 2.10. The van der Waals surface area contributed by atoms with Crippen LogP contribution in [0, 0.1) is 18.7 Å². The van der Waals surface area contributed by atoms with Gasteiger partial charge in [-0.3, -0.25) is 4.79 Å². The van der Waals surface area contributed by atoms with Crippen molar-refractivity contribution >= 4 is 45.5 Å². The lowest BCUT2D eigenvalue weighted by molar-refractivity contribution is -0.138. The van der Waals surface area contributed by atoms with Gasteiger partial charge in [0.05, 0.1) is 0 Å². The Kier molecular flexibility index (Phi) is 6.18. The van der Waals surface area contributed by atoms with Crippen LogP contribution in [0.15, 0.2) is 77.2 Å². The van der Waals surface area contributed by atoms with Crippen molar-refractivity contribution < 1.29 is 23.5 Å². The van der Waals surface area contributed by atoms with Gasteiger partial charge in [0.15, 0.2) is 11.4 Å². The van der Waals surface area contributed by atoms with Gasteiger partial charge in [0, 0.05) is 24.0 Å². The van der Waals surface area contributed by atoms with Gasteiger partial charge in [-0.2, -0.15) is 0 Å². The Balaban J connectivity index is 1.20. The predicted octanol–water partition coefficient (Wildman–Crippen LogP) is 5.80. The quantitative estimate of drug-likeness (QED) is 0.289.